The van der Waals surface area contributed by atoms with Crippen LogP contribution in [-0.2, 0) is 4.79 Å². The first-order valence-corrected chi connectivity index (χ1v) is 5.27. The molecule has 1 N–H and O–H groups in total. The Morgan fingerprint density at radius 1 is 1.58 bits per heavy atom. The SMILES string of the molecule is O=C(CI)C1CCCN1C(=O)O. The zero-order chi connectivity index (χ0) is 9.14. The number of carbonyl (C=O) groups excluding carboxylic acids is 1. The van der Waals surface area contributed by atoms with E-state index >= 15 is 0 Å². The van der Waals surface area contributed by atoms with E-state index in [-0.39, 0.29) is 11.8 Å². The molecule has 1 heterocycles. The Balaban J connectivity index is 2.63. The first-order chi connectivity index (χ1) is 5.66. The molecule has 1 atom stereocenters. The Hall–Kier alpha value is -0.330. The quantitative estimate of drug-likeness (QED) is 0.610. The maximum atomic E-state index is 11.2. The molecule has 0 aliphatic carbocycles. The van der Waals surface area contributed by atoms with Crippen molar-refractivity contribution in [1.29, 1.82) is 0 Å². The minimum absolute atomic E-state index is 0.0236. The zero-order valence-electron chi connectivity index (χ0n) is 6.49. The van der Waals surface area contributed by atoms with Crippen molar-refractivity contribution >= 4 is 34.5 Å². The van der Waals surface area contributed by atoms with Crippen LogP contribution in [0.1, 0.15) is 12.8 Å². The van der Waals surface area contributed by atoms with E-state index < -0.39 is 6.09 Å². The number of likely N-dealkylation sites (tertiary alicyclic amines) is 1. The minimum Gasteiger partial charge on any atom is -0.465 e. The van der Waals surface area contributed by atoms with Gasteiger partial charge in [0.15, 0.2) is 5.78 Å². The molecule has 1 fully saturated rings. The lowest BCUT2D eigenvalue weighted by Gasteiger charge is -2.18. The maximum Gasteiger partial charge on any atom is 0.407 e. The molecule has 0 bridgehead atoms. The third kappa shape index (κ3) is 1.88. The lowest BCUT2D eigenvalue weighted by Crippen LogP contribution is -2.40. The molecule has 12 heavy (non-hydrogen) atoms. The number of halogens is 1. The van der Waals surface area contributed by atoms with Crippen LogP contribution >= 0.6 is 22.6 Å². The molecule has 1 aliphatic heterocycles. The molecule has 1 aliphatic rings. The van der Waals surface area contributed by atoms with Crippen molar-refractivity contribution in [3.8, 4) is 0 Å². The van der Waals surface area contributed by atoms with Crippen molar-refractivity contribution in [2.45, 2.75) is 18.9 Å². The molecule has 68 valence electrons. The predicted molar refractivity (Wildman–Crippen MR) is 51.6 cm³/mol. The second-order valence-electron chi connectivity index (χ2n) is 2.73. The van der Waals surface area contributed by atoms with Gasteiger partial charge in [-0.3, -0.25) is 9.69 Å². The van der Waals surface area contributed by atoms with Gasteiger partial charge in [0.05, 0.1) is 10.5 Å². The molecule has 0 aromatic rings. The number of amides is 1. The molecule has 1 unspecified atom stereocenters. The van der Waals surface area contributed by atoms with Crippen molar-refractivity contribution in [3.05, 3.63) is 0 Å². The van der Waals surface area contributed by atoms with E-state index in [1.807, 2.05) is 22.6 Å². The molecule has 0 radical (unpaired) electrons. The van der Waals surface area contributed by atoms with Gasteiger partial charge >= 0.3 is 6.09 Å². The van der Waals surface area contributed by atoms with Crippen LogP contribution < -0.4 is 0 Å². The van der Waals surface area contributed by atoms with Gasteiger partial charge in [-0.05, 0) is 12.8 Å². The summed E-state index contributed by atoms with van der Waals surface area (Å²) in [6.45, 7) is 0.502. The molecule has 4 nitrogen and oxygen atoms in total. The van der Waals surface area contributed by atoms with Gasteiger partial charge < -0.3 is 5.11 Å². The smallest absolute Gasteiger partial charge is 0.407 e. The minimum atomic E-state index is -0.976. The summed E-state index contributed by atoms with van der Waals surface area (Å²) in [5.41, 5.74) is 0. The number of carboxylic acid groups (broad SMARTS) is 1. The Labute approximate surface area is 84.1 Å². The topological polar surface area (TPSA) is 57.6 Å². The number of ketones is 1. The van der Waals surface area contributed by atoms with Gasteiger partial charge in [-0.1, -0.05) is 22.6 Å². The lowest BCUT2D eigenvalue weighted by molar-refractivity contribution is -0.120. The fourth-order valence-corrected chi connectivity index (χ4v) is 1.93. The van der Waals surface area contributed by atoms with Gasteiger partial charge in [0.2, 0.25) is 0 Å². The summed E-state index contributed by atoms with van der Waals surface area (Å²) in [4.78, 5) is 23.1. The van der Waals surface area contributed by atoms with Gasteiger partial charge in [0.1, 0.15) is 0 Å². The summed E-state index contributed by atoms with van der Waals surface area (Å²) in [7, 11) is 0. The van der Waals surface area contributed by atoms with E-state index in [0.29, 0.717) is 17.4 Å². The van der Waals surface area contributed by atoms with Crippen LogP contribution in [0.3, 0.4) is 0 Å². The van der Waals surface area contributed by atoms with Crippen LogP contribution in [0, 0.1) is 0 Å². The normalized spacial score (nSPS) is 22.8. The monoisotopic (exact) mass is 283 g/mol. The summed E-state index contributed by atoms with van der Waals surface area (Å²) in [5.74, 6) is 0.0236. The van der Waals surface area contributed by atoms with Crippen LogP contribution in [0.15, 0.2) is 0 Å². The average Bonchev–Trinajstić information content (AvgIpc) is 2.50. The molecule has 1 amide bonds. The summed E-state index contributed by atoms with van der Waals surface area (Å²) < 4.78 is 0.395. The van der Waals surface area contributed by atoms with E-state index in [9.17, 15) is 9.59 Å². The third-order valence-corrected chi connectivity index (χ3v) is 2.75. The van der Waals surface area contributed by atoms with Gasteiger partial charge in [-0.2, -0.15) is 0 Å². The average molecular weight is 283 g/mol. The van der Waals surface area contributed by atoms with Crippen molar-refractivity contribution < 1.29 is 14.7 Å². The van der Waals surface area contributed by atoms with Crippen LogP contribution in [-0.4, -0.2) is 38.9 Å². The fourth-order valence-electron chi connectivity index (χ4n) is 1.42. The second kappa shape index (κ2) is 4.06. The van der Waals surface area contributed by atoms with Crippen LogP contribution in [0.4, 0.5) is 4.79 Å². The molecule has 1 saturated heterocycles. The molecule has 0 aromatic heterocycles. The number of carbonyl (C=O) groups is 2. The van der Waals surface area contributed by atoms with Crippen molar-refractivity contribution in [1.82, 2.24) is 4.90 Å². The summed E-state index contributed by atoms with van der Waals surface area (Å²) in [6, 6.07) is -0.376. The Morgan fingerprint density at radius 2 is 2.25 bits per heavy atom. The molecular weight excluding hydrogens is 273 g/mol. The zero-order valence-corrected chi connectivity index (χ0v) is 8.65. The Kier molecular flexibility index (Phi) is 3.30. The fraction of sp³-hybridized carbons (Fsp3) is 0.714. The van der Waals surface area contributed by atoms with E-state index in [1.54, 1.807) is 0 Å². The molecule has 5 heteroatoms. The van der Waals surface area contributed by atoms with E-state index in [0.717, 1.165) is 6.42 Å². The third-order valence-electron chi connectivity index (χ3n) is 2.00. The van der Waals surface area contributed by atoms with Gasteiger partial charge in [0, 0.05) is 6.54 Å². The molecule has 1 rings (SSSR count). The highest BCUT2D eigenvalue weighted by Gasteiger charge is 2.32. The highest BCUT2D eigenvalue weighted by atomic mass is 127. The number of rotatable bonds is 2. The maximum absolute atomic E-state index is 11.2. The molecule has 0 saturated carbocycles. The summed E-state index contributed by atoms with van der Waals surface area (Å²) >= 11 is 1.97. The highest BCUT2D eigenvalue weighted by molar-refractivity contribution is 14.1. The van der Waals surface area contributed by atoms with Gasteiger partial charge in [-0.15, -0.1) is 0 Å². The predicted octanol–water partition coefficient (Wildman–Crippen LogP) is 1.13. The lowest BCUT2D eigenvalue weighted by atomic mass is 10.1. The summed E-state index contributed by atoms with van der Waals surface area (Å²) in [5, 5.41) is 8.70. The molecule has 0 aromatic carbocycles. The standard InChI is InChI=1S/C7H10INO3/c8-4-6(10)5-2-1-3-9(5)7(11)12/h5H,1-4H2,(H,11,12). The van der Waals surface area contributed by atoms with Crippen molar-refractivity contribution in [2.75, 3.05) is 11.0 Å². The van der Waals surface area contributed by atoms with Crippen LogP contribution in [0.25, 0.3) is 0 Å². The summed E-state index contributed by atoms with van der Waals surface area (Å²) in [6.07, 6.45) is 0.517. The molecule has 0 spiro atoms. The van der Waals surface area contributed by atoms with Gasteiger partial charge in [-0.25, -0.2) is 4.79 Å². The number of hydrogen-bond donors (Lipinski definition) is 1. The Bertz CT molecular complexity index is 207. The second-order valence-corrected chi connectivity index (χ2v) is 3.50. The first-order valence-electron chi connectivity index (χ1n) is 3.75. The van der Waals surface area contributed by atoms with Crippen molar-refractivity contribution in [3.63, 3.8) is 0 Å². The van der Waals surface area contributed by atoms with Gasteiger partial charge in [0.25, 0.3) is 0 Å². The van der Waals surface area contributed by atoms with Crippen molar-refractivity contribution in [2.24, 2.45) is 0 Å². The van der Waals surface area contributed by atoms with Crippen LogP contribution in [0.5, 0.6) is 0 Å². The number of nitrogens with zero attached hydrogens (tertiary/aromatic N) is 1. The van der Waals surface area contributed by atoms with E-state index in [1.165, 1.54) is 4.90 Å². The number of Topliss-reactive ketones (excluding diaryl/α,β-unsaturated/α-hetero) is 1. The molecular formula is C7H10INO3. The largest absolute Gasteiger partial charge is 0.465 e. The van der Waals surface area contributed by atoms with E-state index in [2.05, 4.69) is 0 Å². The first kappa shape index (κ1) is 9.76. The highest BCUT2D eigenvalue weighted by Crippen LogP contribution is 2.18. The number of hydrogen-bond acceptors (Lipinski definition) is 2. The Morgan fingerprint density at radius 3 is 2.75 bits per heavy atom. The van der Waals surface area contributed by atoms with E-state index in [4.69, 9.17) is 5.11 Å². The number of alkyl halides is 1. The van der Waals surface area contributed by atoms with Crippen LogP contribution in [0.2, 0.25) is 0 Å².